The van der Waals surface area contributed by atoms with Crippen LogP contribution in [0.15, 0.2) is 0 Å². The van der Waals surface area contributed by atoms with Crippen LogP contribution in [0, 0.1) is 0 Å². The summed E-state index contributed by atoms with van der Waals surface area (Å²) in [6, 6.07) is 0.767. The van der Waals surface area contributed by atoms with Crippen molar-refractivity contribution in [1.82, 2.24) is 4.90 Å². The van der Waals surface area contributed by atoms with Gasteiger partial charge in [-0.3, -0.25) is 4.79 Å². The first kappa shape index (κ1) is 13.5. The van der Waals surface area contributed by atoms with E-state index in [9.17, 15) is 4.79 Å². The van der Waals surface area contributed by atoms with Crippen molar-refractivity contribution in [1.29, 1.82) is 0 Å². The Kier molecular flexibility index (Phi) is 4.74. The summed E-state index contributed by atoms with van der Waals surface area (Å²) in [6.45, 7) is 2.64. The third-order valence-corrected chi connectivity index (χ3v) is 3.64. The zero-order valence-corrected chi connectivity index (χ0v) is 10.4. The standard InChI is InChI=1S/C12H24N2O2/c1-12(13,11(15)16)8-3-4-9-14(2)10-6-5-7-10/h10H,3-9,13H2,1-2H3,(H,15,16). The molecule has 0 saturated heterocycles. The van der Waals surface area contributed by atoms with Crippen LogP contribution in [0.25, 0.3) is 0 Å². The van der Waals surface area contributed by atoms with Crippen LogP contribution < -0.4 is 5.73 Å². The molecule has 1 saturated carbocycles. The normalized spacial score (nSPS) is 20.5. The van der Waals surface area contributed by atoms with Crippen molar-refractivity contribution in [3.63, 3.8) is 0 Å². The Balaban J connectivity index is 2.09. The first-order valence-electron chi connectivity index (χ1n) is 6.16. The van der Waals surface area contributed by atoms with E-state index in [1.165, 1.54) is 19.3 Å². The van der Waals surface area contributed by atoms with E-state index in [0.717, 1.165) is 25.4 Å². The number of nitrogens with zero attached hydrogens (tertiary/aromatic N) is 1. The molecular formula is C12H24N2O2. The molecule has 1 unspecified atom stereocenters. The average Bonchev–Trinajstić information content (AvgIpc) is 2.09. The first-order chi connectivity index (χ1) is 7.43. The SMILES string of the molecule is CN(CCCCC(C)(N)C(=O)O)C1CCC1. The predicted molar refractivity (Wildman–Crippen MR) is 64.3 cm³/mol. The lowest BCUT2D eigenvalue weighted by Crippen LogP contribution is -2.44. The number of nitrogens with two attached hydrogens (primary N) is 1. The van der Waals surface area contributed by atoms with Crippen molar-refractivity contribution in [2.45, 2.75) is 57.0 Å². The molecule has 0 bridgehead atoms. The van der Waals surface area contributed by atoms with Crippen LogP contribution in [0.2, 0.25) is 0 Å². The van der Waals surface area contributed by atoms with Crippen LogP contribution in [0.5, 0.6) is 0 Å². The second-order valence-corrected chi connectivity index (χ2v) is 5.25. The van der Waals surface area contributed by atoms with Gasteiger partial charge in [0.15, 0.2) is 0 Å². The van der Waals surface area contributed by atoms with Crippen molar-refractivity contribution in [2.75, 3.05) is 13.6 Å². The summed E-state index contributed by atoms with van der Waals surface area (Å²) < 4.78 is 0. The highest BCUT2D eigenvalue weighted by molar-refractivity contribution is 5.77. The van der Waals surface area contributed by atoms with E-state index in [1.54, 1.807) is 6.92 Å². The average molecular weight is 228 g/mol. The molecule has 4 heteroatoms. The van der Waals surface area contributed by atoms with Crippen LogP contribution in [-0.4, -0.2) is 41.1 Å². The van der Waals surface area contributed by atoms with Gasteiger partial charge in [-0.05, 0) is 52.6 Å². The molecule has 1 aliphatic carbocycles. The third kappa shape index (κ3) is 3.76. The van der Waals surface area contributed by atoms with Crippen molar-refractivity contribution < 1.29 is 9.90 Å². The highest BCUT2D eigenvalue weighted by Crippen LogP contribution is 2.23. The number of aliphatic carboxylic acids is 1. The van der Waals surface area contributed by atoms with E-state index in [2.05, 4.69) is 11.9 Å². The van der Waals surface area contributed by atoms with Crippen molar-refractivity contribution >= 4 is 5.97 Å². The molecule has 4 nitrogen and oxygen atoms in total. The predicted octanol–water partition coefficient (Wildman–Crippen LogP) is 1.44. The summed E-state index contributed by atoms with van der Waals surface area (Å²) in [7, 11) is 2.16. The van der Waals surface area contributed by atoms with Crippen molar-refractivity contribution in [3.8, 4) is 0 Å². The monoisotopic (exact) mass is 228 g/mol. The second-order valence-electron chi connectivity index (χ2n) is 5.25. The van der Waals surface area contributed by atoms with Crippen LogP contribution in [-0.2, 0) is 4.79 Å². The van der Waals surface area contributed by atoms with E-state index in [-0.39, 0.29) is 0 Å². The summed E-state index contributed by atoms with van der Waals surface area (Å²) in [5, 5.41) is 8.85. The Morgan fingerprint density at radius 2 is 2.12 bits per heavy atom. The number of carboxylic acid groups (broad SMARTS) is 1. The minimum Gasteiger partial charge on any atom is -0.480 e. The van der Waals surface area contributed by atoms with Crippen LogP contribution in [0.4, 0.5) is 0 Å². The lowest BCUT2D eigenvalue weighted by atomic mass is 9.91. The fourth-order valence-electron chi connectivity index (χ4n) is 1.97. The van der Waals surface area contributed by atoms with E-state index in [0.29, 0.717) is 6.42 Å². The minimum atomic E-state index is -1.06. The maximum absolute atomic E-state index is 10.8. The zero-order valence-electron chi connectivity index (χ0n) is 10.4. The molecule has 0 aromatic rings. The van der Waals surface area contributed by atoms with Crippen LogP contribution in [0.1, 0.15) is 45.4 Å². The minimum absolute atomic E-state index is 0.556. The molecule has 1 atom stereocenters. The van der Waals surface area contributed by atoms with Crippen molar-refractivity contribution in [2.24, 2.45) is 5.73 Å². The molecule has 16 heavy (non-hydrogen) atoms. The Bertz CT molecular complexity index is 237. The number of hydrogen-bond donors (Lipinski definition) is 2. The highest BCUT2D eigenvalue weighted by Gasteiger charge is 2.27. The van der Waals surface area contributed by atoms with Gasteiger partial charge >= 0.3 is 5.97 Å². The number of unbranched alkanes of at least 4 members (excludes halogenated alkanes) is 1. The fraction of sp³-hybridized carbons (Fsp3) is 0.917. The quantitative estimate of drug-likeness (QED) is 0.647. The lowest BCUT2D eigenvalue weighted by molar-refractivity contribution is -0.142. The molecule has 1 rings (SSSR count). The van der Waals surface area contributed by atoms with E-state index in [1.807, 2.05) is 0 Å². The number of carboxylic acids is 1. The molecule has 0 heterocycles. The molecule has 0 aromatic carbocycles. The van der Waals surface area contributed by atoms with Gasteiger partial charge in [0.1, 0.15) is 5.54 Å². The molecular weight excluding hydrogens is 204 g/mol. The number of carbonyl (C=O) groups is 1. The Morgan fingerprint density at radius 3 is 2.56 bits per heavy atom. The fourth-order valence-corrected chi connectivity index (χ4v) is 1.97. The van der Waals surface area contributed by atoms with Gasteiger partial charge in [0.2, 0.25) is 0 Å². The van der Waals surface area contributed by atoms with Gasteiger partial charge in [-0.15, -0.1) is 0 Å². The van der Waals surface area contributed by atoms with Gasteiger partial charge in [0.05, 0.1) is 0 Å². The summed E-state index contributed by atoms with van der Waals surface area (Å²) in [6.07, 6.45) is 6.47. The number of hydrogen-bond acceptors (Lipinski definition) is 3. The molecule has 0 aliphatic heterocycles. The van der Waals surface area contributed by atoms with Crippen molar-refractivity contribution in [3.05, 3.63) is 0 Å². The third-order valence-electron chi connectivity index (χ3n) is 3.64. The van der Waals surface area contributed by atoms with Gasteiger partial charge in [-0.2, -0.15) is 0 Å². The Labute approximate surface area is 97.8 Å². The lowest BCUT2D eigenvalue weighted by Gasteiger charge is -2.34. The number of rotatable bonds is 7. The van der Waals surface area contributed by atoms with Crippen LogP contribution >= 0.6 is 0 Å². The van der Waals surface area contributed by atoms with Gasteiger partial charge in [0, 0.05) is 6.04 Å². The molecule has 0 spiro atoms. The molecule has 1 fully saturated rings. The maximum atomic E-state index is 10.8. The molecule has 0 aromatic heterocycles. The van der Waals surface area contributed by atoms with Gasteiger partial charge in [-0.25, -0.2) is 0 Å². The first-order valence-corrected chi connectivity index (χ1v) is 6.16. The van der Waals surface area contributed by atoms with Gasteiger partial charge < -0.3 is 15.7 Å². The highest BCUT2D eigenvalue weighted by atomic mass is 16.4. The topological polar surface area (TPSA) is 66.6 Å². The smallest absolute Gasteiger partial charge is 0.323 e. The zero-order chi connectivity index (χ0) is 12.2. The second kappa shape index (κ2) is 5.64. The summed E-state index contributed by atoms with van der Waals surface area (Å²) in [5.74, 6) is -0.903. The Morgan fingerprint density at radius 1 is 1.50 bits per heavy atom. The van der Waals surface area contributed by atoms with Gasteiger partial charge in [0.25, 0.3) is 0 Å². The Hall–Kier alpha value is -0.610. The van der Waals surface area contributed by atoms with E-state index >= 15 is 0 Å². The summed E-state index contributed by atoms with van der Waals surface area (Å²) in [4.78, 5) is 13.2. The van der Waals surface area contributed by atoms with Gasteiger partial charge in [-0.1, -0.05) is 6.42 Å². The van der Waals surface area contributed by atoms with E-state index in [4.69, 9.17) is 10.8 Å². The molecule has 1 aliphatic rings. The molecule has 0 radical (unpaired) electrons. The molecule has 3 N–H and O–H groups in total. The summed E-state index contributed by atoms with van der Waals surface area (Å²) >= 11 is 0. The summed E-state index contributed by atoms with van der Waals surface area (Å²) in [5.41, 5.74) is 4.60. The molecule has 94 valence electrons. The van der Waals surface area contributed by atoms with E-state index < -0.39 is 11.5 Å². The maximum Gasteiger partial charge on any atom is 0.323 e. The van der Waals surface area contributed by atoms with Crippen LogP contribution in [0.3, 0.4) is 0 Å². The molecule has 0 amide bonds. The largest absolute Gasteiger partial charge is 0.480 e.